The van der Waals surface area contributed by atoms with Gasteiger partial charge in [0.1, 0.15) is 0 Å². The molecule has 5 heteroatoms. The zero-order valence-corrected chi connectivity index (χ0v) is 9.82. The van der Waals surface area contributed by atoms with E-state index in [2.05, 4.69) is 16.2 Å². The van der Waals surface area contributed by atoms with Gasteiger partial charge in [-0.15, -0.1) is 0 Å². The second-order valence-electron chi connectivity index (χ2n) is 3.55. The lowest BCUT2D eigenvalue weighted by Crippen LogP contribution is -2.42. The van der Waals surface area contributed by atoms with Gasteiger partial charge in [-0.3, -0.25) is 20.4 Å². The monoisotopic (exact) mass is 235 g/mol. The number of unbranched alkanes of at least 4 members (excludes halogenated alkanes) is 1. The molecule has 3 N–H and O–H groups in total. The van der Waals surface area contributed by atoms with Crippen LogP contribution in [0.2, 0.25) is 0 Å². The molecule has 0 bridgehead atoms. The third-order valence-electron chi connectivity index (χ3n) is 2.12. The Hall–Kier alpha value is -2.04. The molecule has 5 nitrogen and oxygen atoms in total. The van der Waals surface area contributed by atoms with E-state index in [1.165, 1.54) is 0 Å². The fraction of sp³-hybridized carbons (Fsp3) is 0.333. The standard InChI is InChI=1S/C12H17N3O2/c1-2-3-9-13-11(16)12(17)15-14-10-7-5-4-6-8-10/h4-8,14H,2-3,9H2,1H3,(H,13,16)(H,15,17). The summed E-state index contributed by atoms with van der Waals surface area (Å²) in [6.07, 6.45) is 1.84. The van der Waals surface area contributed by atoms with E-state index in [4.69, 9.17) is 0 Å². The molecule has 1 aromatic rings. The quantitative estimate of drug-likeness (QED) is 0.406. The zero-order valence-electron chi connectivity index (χ0n) is 9.82. The van der Waals surface area contributed by atoms with Crippen LogP contribution < -0.4 is 16.2 Å². The van der Waals surface area contributed by atoms with Crippen molar-refractivity contribution in [2.75, 3.05) is 12.0 Å². The average molecular weight is 235 g/mol. The van der Waals surface area contributed by atoms with E-state index in [9.17, 15) is 9.59 Å². The topological polar surface area (TPSA) is 70.2 Å². The number of nitrogens with one attached hydrogen (secondary N) is 3. The number of benzene rings is 1. The summed E-state index contributed by atoms with van der Waals surface area (Å²) < 4.78 is 0. The predicted molar refractivity (Wildman–Crippen MR) is 66.1 cm³/mol. The summed E-state index contributed by atoms with van der Waals surface area (Å²) >= 11 is 0. The Balaban J connectivity index is 2.27. The summed E-state index contributed by atoms with van der Waals surface area (Å²) in [6, 6.07) is 9.10. The molecule has 0 spiro atoms. The molecular formula is C12H17N3O2. The van der Waals surface area contributed by atoms with Gasteiger partial charge in [0.2, 0.25) is 0 Å². The van der Waals surface area contributed by atoms with Crippen molar-refractivity contribution in [2.24, 2.45) is 0 Å². The van der Waals surface area contributed by atoms with Crippen molar-refractivity contribution in [1.82, 2.24) is 10.7 Å². The van der Waals surface area contributed by atoms with Crippen molar-refractivity contribution in [3.05, 3.63) is 30.3 Å². The first-order valence-electron chi connectivity index (χ1n) is 5.63. The molecule has 0 aromatic heterocycles. The van der Waals surface area contributed by atoms with Crippen LogP contribution >= 0.6 is 0 Å². The molecule has 0 aliphatic rings. The minimum absolute atomic E-state index is 0.522. The highest BCUT2D eigenvalue weighted by Gasteiger charge is 2.11. The lowest BCUT2D eigenvalue weighted by atomic mass is 10.3. The van der Waals surface area contributed by atoms with Crippen LogP contribution in [0.25, 0.3) is 0 Å². The maximum absolute atomic E-state index is 11.3. The van der Waals surface area contributed by atoms with E-state index in [-0.39, 0.29) is 0 Å². The molecule has 2 amide bonds. The van der Waals surface area contributed by atoms with Gasteiger partial charge in [-0.25, -0.2) is 0 Å². The average Bonchev–Trinajstić information content (AvgIpc) is 2.37. The van der Waals surface area contributed by atoms with Gasteiger partial charge < -0.3 is 5.32 Å². The van der Waals surface area contributed by atoms with Crippen molar-refractivity contribution < 1.29 is 9.59 Å². The van der Waals surface area contributed by atoms with Gasteiger partial charge >= 0.3 is 11.8 Å². The van der Waals surface area contributed by atoms with Gasteiger partial charge in [-0.05, 0) is 18.6 Å². The van der Waals surface area contributed by atoms with Crippen molar-refractivity contribution in [2.45, 2.75) is 19.8 Å². The summed E-state index contributed by atoms with van der Waals surface area (Å²) in [5.74, 6) is -1.31. The Kier molecular flexibility index (Phi) is 5.57. The molecule has 17 heavy (non-hydrogen) atoms. The normalized spacial score (nSPS) is 9.47. The Morgan fingerprint density at radius 1 is 1.12 bits per heavy atom. The maximum Gasteiger partial charge on any atom is 0.327 e. The third kappa shape index (κ3) is 5.01. The van der Waals surface area contributed by atoms with E-state index in [0.717, 1.165) is 18.5 Å². The first-order valence-corrected chi connectivity index (χ1v) is 5.63. The SMILES string of the molecule is CCCCNC(=O)C(=O)NNc1ccccc1. The van der Waals surface area contributed by atoms with E-state index < -0.39 is 11.8 Å². The molecule has 1 rings (SSSR count). The Morgan fingerprint density at radius 2 is 1.82 bits per heavy atom. The Labute approximate surface area is 101 Å². The molecule has 0 unspecified atom stereocenters. The fourth-order valence-corrected chi connectivity index (χ4v) is 1.17. The molecule has 0 aliphatic carbocycles. The van der Waals surface area contributed by atoms with E-state index in [1.54, 1.807) is 12.1 Å². The van der Waals surface area contributed by atoms with Gasteiger partial charge in [0.15, 0.2) is 0 Å². The van der Waals surface area contributed by atoms with Crippen LogP contribution in [0.1, 0.15) is 19.8 Å². The summed E-state index contributed by atoms with van der Waals surface area (Å²) in [6.45, 7) is 2.54. The number of hydrogen-bond acceptors (Lipinski definition) is 3. The largest absolute Gasteiger partial charge is 0.348 e. The summed E-state index contributed by atoms with van der Waals surface area (Å²) in [5, 5.41) is 2.53. The molecule has 0 aliphatic heterocycles. The van der Waals surface area contributed by atoms with Gasteiger partial charge in [0.25, 0.3) is 0 Å². The van der Waals surface area contributed by atoms with Crippen LogP contribution in [-0.4, -0.2) is 18.4 Å². The molecule has 0 radical (unpaired) electrons. The minimum Gasteiger partial charge on any atom is -0.348 e. The van der Waals surface area contributed by atoms with Crippen LogP contribution in [-0.2, 0) is 9.59 Å². The van der Waals surface area contributed by atoms with Crippen LogP contribution in [0, 0.1) is 0 Å². The van der Waals surface area contributed by atoms with E-state index in [0.29, 0.717) is 6.54 Å². The molecule has 92 valence electrons. The summed E-state index contributed by atoms with van der Waals surface area (Å²) in [7, 11) is 0. The first kappa shape index (κ1) is 13.0. The number of carbonyl (C=O) groups is 2. The van der Waals surface area contributed by atoms with Crippen molar-refractivity contribution in [3.63, 3.8) is 0 Å². The predicted octanol–water partition coefficient (Wildman–Crippen LogP) is 1.05. The highest BCUT2D eigenvalue weighted by Crippen LogP contribution is 2.02. The molecule has 0 fully saturated rings. The van der Waals surface area contributed by atoms with E-state index in [1.807, 2.05) is 25.1 Å². The second-order valence-corrected chi connectivity index (χ2v) is 3.55. The number of carbonyl (C=O) groups excluding carboxylic acids is 2. The first-order chi connectivity index (χ1) is 8.24. The van der Waals surface area contributed by atoms with Crippen LogP contribution in [0.3, 0.4) is 0 Å². The van der Waals surface area contributed by atoms with Crippen LogP contribution in [0.15, 0.2) is 30.3 Å². The fourth-order valence-electron chi connectivity index (χ4n) is 1.17. The number of rotatable bonds is 5. The van der Waals surface area contributed by atoms with Crippen molar-refractivity contribution in [3.8, 4) is 0 Å². The highest BCUT2D eigenvalue weighted by atomic mass is 16.2. The van der Waals surface area contributed by atoms with Crippen molar-refractivity contribution >= 4 is 17.5 Å². The maximum atomic E-state index is 11.3. The molecule has 0 saturated heterocycles. The second kappa shape index (κ2) is 7.27. The van der Waals surface area contributed by atoms with Gasteiger partial charge in [-0.1, -0.05) is 31.5 Å². The highest BCUT2D eigenvalue weighted by molar-refractivity contribution is 6.35. The zero-order chi connectivity index (χ0) is 12.5. The molecule has 0 saturated carbocycles. The lowest BCUT2D eigenvalue weighted by molar-refractivity contribution is -0.138. The van der Waals surface area contributed by atoms with E-state index >= 15 is 0 Å². The lowest BCUT2D eigenvalue weighted by Gasteiger charge is -2.08. The van der Waals surface area contributed by atoms with Crippen LogP contribution in [0.4, 0.5) is 5.69 Å². The number of anilines is 1. The summed E-state index contributed by atoms with van der Waals surface area (Å²) in [4.78, 5) is 22.6. The molecule has 0 heterocycles. The van der Waals surface area contributed by atoms with Gasteiger partial charge in [-0.2, -0.15) is 0 Å². The Bertz CT molecular complexity index is 365. The van der Waals surface area contributed by atoms with Gasteiger partial charge in [0, 0.05) is 6.54 Å². The summed E-state index contributed by atoms with van der Waals surface area (Å²) in [5.41, 5.74) is 5.70. The van der Waals surface area contributed by atoms with Gasteiger partial charge in [0.05, 0.1) is 5.69 Å². The molecular weight excluding hydrogens is 218 g/mol. The number of para-hydroxylation sites is 1. The minimum atomic E-state index is -0.690. The Morgan fingerprint density at radius 3 is 2.47 bits per heavy atom. The number of hydrogen-bond donors (Lipinski definition) is 3. The third-order valence-corrected chi connectivity index (χ3v) is 2.12. The number of hydrazine groups is 1. The van der Waals surface area contributed by atoms with Crippen LogP contribution in [0.5, 0.6) is 0 Å². The number of amides is 2. The molecule has 1 aromatic carbocycles. The molecule has 0 atom stereocenters. The van der Waals surface area contributed by atoms with Crippen molar-refractivity contribution in [1.29, 1.82) is 0 Å². The smallest absolute Gasteiger partial charge is 0.327 e.